The maximum absolute atomic E-state index is 12.1. The summed E-state index contributed by atoms with van der Waals surface area (Å²) >= 11 is 1.12. The smallest absolute Gasteiger partial charge is 0.250 e. The number of hydrogen-bond donors (Lipinski definition) is 2. The van der Waals surface area contributed by atoms with Crippen molar-refractivity contribution in [2.45, 2.75) is 30.6 Å². The van der Waals surface area contributed by atoms with Gasteiger partial charge in [-0.1, -0.05) is 6.92 Å². The number of hydrogen-bond acceptors (Lipinski definition) is 5. The van der Waals surface area contributed by atoms with Crippen molar-refractivity contribution < 1.29 is 13.5 Å². The van der Waals surface area contributed by atoms with Gasteiger partial charge in [0.2, 0.25) is 10.0 Å². The summed E-state index contributed by atoms with van der Waals surface area (Å²) in [6.07, 6.45) is 2.09. The van der Waals surface area contributed by atoms with Crippen molar-refractivity contribution in [3.63, 3.8) is 0 Å². The van der Waals surface area contributed by atoms with E-state index in [0.29, 0.717) is 17.3 Å². The highest BCUT2D eigenvalue weighted by atomic mass is 32.2. The standard InChI is InChI=1S/C13H22N2O3S2/c1-2-15-7-5-11(6-8-15)9-14-20(17,18)13-4-3-12(10-16)19-13/h3-4,11,14,16H,2,5-10H2,1H3. The van der Waals surface area contributed by atoms with Gasteiger partial charge in [0.05, 0.1) is 6.61 Å². The van der Waals surface area contributed by atoms with E-state index in [1.165, 1.54) is 0 Å². The van der Waals surface area contributed by atoms with E-state index in [1.807, 2.05) is 0 Å². The fraction of sp³-hybridized carbons (Fsp3) is 0.692. The van der Waals surface area contributed by atoms with Crippen LogP contribution in [0.5, 0.6) is 0 Å². The molecule has 1 fully saturated rings. The van der Waals surface area contributed by atoms with E-state index < -0.39 is 10.0 Å². The minimum absolute atomic E-state index is 0.115. The second-order valence-corrected chi connectivity index (χ2v) is 8.27. The lowest BCUT2D eigenvalue weighted by Crippen LogP contribution is -2.38. The molecule has 0 saturated carbocycles. The van der Waals surface area contributed by atoms with E-state index in [9.17, 15) is 8.42 Å². The van der Waals surface area contributed by atoms with Gasteiger partial charge < -0.3 is 10.0 Å². The molecule has 7 heteroatoms. The second kappa shape index (κ2) is 7.00. The fourth-order valence-corrected chi connectivity index (χ4v) is 4.77. The molecule has 0 spiro atoms. The number of piperidine rings is 1. The van der Waals surface area contributed by atoms with Crippen molar-refractivity contribution in [2.75, 3.05) is 26.2 Å². The zero-order valence-electron chi connectivity index (χ0n) is 11.7. The zero-order valence-corrected chi connectivity index (χ0v) is 13.3. The lowest BCUT2D eigenvalue weighted by Gasteiger charge is -2.30. The summed E-state index contributed by atoms with van der Waals surface area (Å²) in [4.78, 5) is 3.05. The Morgan fingerprint density at radius 3 is 2.65 bits per heavy atom. The third kappa shape index (κ3) is 4.02. The van der Waals surface area contributed by atoms with E-state index in [4.69, 9.17) is 5.11 Å². The highest BCUT2D eigenvalue weighted by molar-refractivity contribution is 7.91. The molecule has 20 heavy (non-hydrogen) atoms. The Bertz CT molecular complexity index is 519. The molecule has 0 bridgehead atoms. The zero-order chi connectivity index (χ0) is 14.6. The van der Waals surface area contributed by atoms with Crippen LogP contribution in [0.3, 0.4) is 0 Å². The highest BCUT2D eigenvalue weighted by Gasteiger charge is 2.22. The van der Waals surface area contributed by atoms with Crippen LogP contribution in [-0.4, -0.2) is 44.6 Å². The molecule has 0 atom stereocenters. The fourth-order valence-electron chi connectivity index (χ4n) is 2.39. The first-order valence-corrected chi connectivity index (χ1v) is 9.26. The quantitative estimate of drug-likeness (QED) is 0.828. The minimum Gasteiger partial charge on any atom is -0.391 e. The first-order valence-electron chi connectivity index (χ1n) is 6.96. The third-order valence-electron chi connectivity index (χ3n) is 3.77. The predicted molar refractivity (Wildman–Crippen MR) is 80.3 cm³/mol. The largest absolute Gasteiger partial charge is 0.391 e. The molecule has 0 aromatic carbocycles. The van der Waals surface area contributed by atoms with Crippen LogP contribution in [0.1, 0.15) is 24.6 Å². The van der Waals surface area contributed by atoms with E-state index in [2.05, 4.69) is 16.5 Å². The van der Waals surface area contributed by atoms with Gasteiger partial charge in [-0.3, -0.25) is 0 Å². The average Bonchev–Trinajstić information content (AvgIpc) is 2.95. The Morgan fingerprint density at radius 2 is 2.10 bits per heavy atom. The molecule has 1 saturated heterocycles. The maximum atomic E-state index is 12.1. The summed E-state index contributed by atoms with van der Waals surface area (Å²) in [6, 6.07) is 3.21. The van der Waals surface area contributed by atoms with Gasteiger partial charge in [-0.05, 0) is 50.5 Å². The van der Waals surface area contributed by atoms with Crippen molar-refractivity contribution in [3.8, 4) is 0 Å². The van der Waals surface area contributed by atoms with E-state index in [0.717, 1.165) is 43.8 Å². The number of sulfonamides is 1. The molecule has 1 aromatic rings. The maximum Gasteiger partial charge on any atom is 0.250 e. The topological polar surface area (TPSA) is 69.6 Å². The summed E-state index contributed by atoms with van der Waals surface area (Å²) in [7, 11) is -3.42. The highest BCUT2D eigenvalue weighted by Crippen LogP contribution is 2.22. The van der Waals surface area contributed by atoms with Crippen LogP contribution in [0.2, 0.25) is 0 Å². The Morgan fingerprint density at radius 1 is 1.40 bits per heavy atom. The van der Waals surface area contributed by atoms with Gasteiger partial charge in [0.1, 0.15) is 4.21 Å². The summed E-state index contributed by atoms with van der Waals surface area (Å²) in [6.45, 7) is 5.71. The Balaban J connectivity index is 1.87. The van der Waals surface area contributed by atoms with Gasteiger partial charge in [-0.15, -0.1) is 11.3 Å². The molecule has 114 valence electrons. The SMILES string of the molecule is CCN1CCC(CNS(=O)(=O)c2ccc(CO)s2)CC1. The number of aliphatic hydroxyl groups is 1. The van der Waals surface area contributed by atoms with Crippen molar-refractivity contribution >= 4 is 21.4 Å². The Labute approximate surface area is 124 Å². The molecule has 0 aliphatic carbocycles. The molecule has 5 nitrogen and oxygen atoms in total. The summed E-state index contributed by atoms with van der Waals surface area (Å²) in [5, 5.41) is 8.99. The normalized spacial score (nSPS) is 18.5. The monoisotopic (exact) mass is 318 g/mol. The van der Waals surface area contributed by atoms with Crippen LogP contribution in [0.25, 0.3) is 0 Å². The Kier molecular flexibility index (Phi) is 5.57. The van der Waals surface area contributed by atoms with Crippen LogP contribution in [-0.2, 0) is 16.6 Å². The lowest BCUT2D eigenvalue weighted by atomic mass is 9.97. The molecule has 1 aromatic heterocycles. The van der Waals surface area contributed by atoms with Gasteiger partial charge in [0.15, 0.2) is 0 Å². The molecule has 2 heterocycles. The van der Waals surface area contributed by atoms with Crippen LogP contribution in [0.15, 0.2) is 16.3 Å². The first-order chi connectivity index (χ1) is 9.55. The summed E-state index contributed by atoms with van der Waals surface area (Å²) in [5.74, 6) is 0.421. The first kappa shape index (κ1) is 15.9. The van der Waals surface area contributed by atoms with Crippen LogP contribution in [0, 0.1) is 5.92 Å². The molecule has 2 N–H and O–H groups in total. The van der Waals surface area contributed by atoms with Crippen molar-refractivity contribution in [3.05, 3.63) is 17.0 Å². The Hall–Kier alpha value is -0.470. The number of nitrogens with one attached hydrogen (secondary N) is 1. The number of thiophene rings is 1. The van der Waals surface area contributed by atoms with Gasteiger partial charge in [-0.2, -0.15) is 0 Å². The molecule has 0 amide bonds. The van der Waals surface area contributed by atoms with Crippen LogP contribution in [0.4, 0.5) is 0 Å². The van der Waals surface area contributed by atoms with Gasteiger partial charge in [0.25, 0.3) is 0 Å². The van der Waals surface area contributed by atoms with E-state index >= 15 is 0 Å². The molecule has 0 radical (unpaired) electrons. The lowest BCUT2D eigenvalue weighted by molar-refractivity contribution is 0.194. The number of nitrogens with zero attached hydrogens (tertiary/aromatic N) is 1. The minimum atomic E-state index is -3.42. The average molecular weight is 318 g/mol. The molecular formula is C13H22N2O3S2. The van der Waals surface area contributed by atoms with Crippen LogP contribution < -0.4 is 4.72 Å². The predicted octanol–water partition coefficient (Wildman–Crippen LogP) is 1.25. The number of rotatable bonds is 6. The molecule has 1 aliphatic heterocycles. The molecular weight excluding hydrogens is 296 g/mol. The van der Waals surface area contributed by atoms with Gasteiger partial charge in [-0.25, -0.2) is 13.1 Å². The van der Waals surface area contributed by atoms with Gasteiger partial charge in [0, 0.05) is 11.4 Å². The van der Waals surface area contributed by atoms with Crippen molar-refractivity contribution in [2.24, 2.45) is 5.92 Å². The number of aliphatic hydroxyl groups excluding tert-OH is 1. The molecule has 1 aliphatic rings. The van der Waals surface area contributed by atoms with E-state index in [1.54, 1.807) is 12.1 Å². The van der Waals surface area contributed by atoms with Gasteiger partial charge >= 0.3 is 0 Å². The summed E-state index contributed by atoms with van der Waals surface area (Å²) in [5.41, 5.74) is 0. The van der Waals surface area contributed by atoms with E-state index in [-0.39, 0.29) is 10.8 Å². The molecule has 0 unspecified atom stereocenters. The number of likely N-dealkylation sites (tertiary alicyclic amines) is 1. The summed E-state index contributed by atoms with van der Waals surface area (Å²) < 4.78 is 27.2. The van der Waals surface area contributed by atoms with Crippen molar-refractivity contribution in [1.82, 2.24) is 9.62 Å². The van der Waals surface area contributed by atoms with Crippen molar-refractivity contribution in [1.29, 1.82) is 0 Å². The second-order valence-electron chi connectivity index (χ2n) is 5.11. The molecule has 2 rings (SSSR count). The van der Waals surface area contributed by atoms with Crippen LogP contribution >= 0.6 is 11.3 Å². The third-order valence-corrected chi connectivity index (χ3v) is 6.76.